The van der Waals surface area contributed by atoms with Crippen LogP contribution in [0.3, 0.4) is 0 Å². The van der Waals surface area contributed by atoms with Crippen LogP contribution in [0.4, 0.5) is 5.69 Å². The smallest absolute Gasteiger partial charge is 0.193 e. The summed E-state index contributed by atoms with van der Waals surface area (Å²) in [7, 11) is 1.63. The number of benzene rings is 2. The van der Waals surface area contributed by atoms with Crippen LogP contribution in [0.5, 0.6) is 5.75 Å². The van der Waals surface area contributed by atoms with Crippen molar-refractivity contribution in [2.75, 3.05) is 12.8 Å². The van der Waals surface area contributed by atoms with E-state index in [0.29, 0.717) is 16.8 Å². The molecule has 0 unspecified atom stereocenters. The fourth-order valence-electron chi connectivity index (χ4n) is 2.49. The van der Waals surface area contributed by atoms with Gasteiger partial charge >= 0.3 is 0 Å². The Morgan fingerprint density at radius 1 is 1.10 bits per heavy atom. The minimum absolute atomic E-state index is 0.0330. The van der Waals surface area contributed by atoms with E-state index < -0.39 is 0 Å². The second-order valence-corrected chi connectivity index (χ2v) is 6.06. The van der Waals surface area contributed by atoms with E-state index in [1.807, 2.05) is 39.0 Å². The van der Waals surface area contributed by atoms with Gasteiger partial charge in [0, 0.05) is 21.3 Å². The maximum atomic E-state index is 12.8. The molecule has 0 saturated carbocycles. The van der Waals surface area contributed by atoms with Crippen LogP contribution >= 0.6 is 15.9 Å². The third kappa shape index (κ3) is 2.95. The van der Waals surface area contributed by atoms with Gasteiger partial charge in [0.15, 0.2) is 5.78 Å². The monoisotopic (exact) mass is 347 g/mol. The van der Waals surface area contributed by atoms with E-state index in [-0.39, 0.29) is 5.78 Å². The molecule has 0 amide bonds. The lowest BCUT2D eigenvalue weighted by molar-refractivity contribution is 0.103. The zero-order valence-corrected chi connectivity index (χ0v) is 14.2. The molecule has 0 aliphatic rings. The minimum atomic E-state index is -0.0330. The van der Waals surface area contributed by atoms with E-state index in [1.165, 1.54) is 0 Å². The van der Waals surface area contributed by atoms with Crippen LogP contribution in [-0.2, 0) is 0 Å². The molecule has 0 saturated heterocycles. The molecular weight excluding hydrogens is 330 g/mol. The summed E-state index contributed by atoms with van der Waals surface area (Å²) in [5.74, 6) is 0.784. The Labute approximate surface area is 133 Å². The quantitative estimate of drug-likeness (QED) is 0.668. The molecule has 3 nitrogen and oxygen atoms in total. The van der Waals surface area contributed by atoms with Crippen molar-refractivity contribution < 1.29 is 9.53 Å². The second-order valence-electron chi connectivity index (χ2n) is 5.14. The molecular formula is C17H18BrNO2. The summed E-state index contributed by atoms with van der Waals surface area (Å²) in [5.41, 5.74) is 10.5. The summed E-state index contributed by atoms with van der Waals surface area (Å²) >= 11 is 3.39. The van der Waals surface area contributed by atoms with Crippen molar-refractivity contribution in [3.63, 3.8) is 0 Å². The number of carbonyl (C=O) groups excluding carboxylic acids is 1. The Morgan fingerprint density at radius 3 is 2.19 bits per heavy atom. The normalized spacial score (nSPS) is 10.5. The Hall–Kier alpha value is -1.81. The maximum Gasteiger partial charge on any atom is 0.193 e. The topological polar surface area (TPSA) is 52.3 Å². The predicted molar refractivity (Wildman–Crippen MR) is 89.2 cm³/mol. The lowest BCUT2D eigenvalue weighted by Gasteiger charge is -2.13. The van der Waals surface area contributed by atoms with Crippen molar-refractivity contribution in [2.24, 2.45) is 0 Å². The first-order chi connectivity index (χ1) is 9.85. The Morgan fingerprint density at radius 2 is 1.67 bits per heavy atom. The minimum Gasteiger partial charge on any atom is -0.496 e. The van der Waals surface area contributed by atoms with Crippen molar-refractivity contribution in [1.82, 2.24) is 0 Å². The number of anilines is 1. The van der Waals surface area contributed by atoms with E-state index in [0.717, 1.165) is 26.9 Å². The molecule has 0 aliphatic carbocycles. The number of ketones is 1. The van der Waals surface area contributed by atoms with Gasteiger partial charge in [-0.05, 0) is 61.7 Å². The number of hydrogen-bond donors (Lipinski definition) is 1. The molecule has 0 fully saturated rings. The van der Waals surface area contributed by atoms with Crippen LogP contribution in [0.25, 0.3) is 0 Å². The van der Waals surface area contributed by atoms with Crippen LogP contribution in [0.15, 0.2) is 28.7 Å². The number of halogens is 1. The molecule has 0 aliphatic heterocycles. The van der Waals surface area contributed by atoms with Crippen molar-refractivity contribution in [3.05, 3.63) is 56.6 Å². The van der Waals surface area contributed by atoms with Gasteiger partial charge in [-0.15, -0.1) is 0 Å². The molecule has 0 spiro atoms. The average molecular weight is 348 g/mol. The summed E-state index contributed by atoms with van der Waals surface area (Å²) in [6, 6.07) is 7.31. The standard InChI is InChI=1S/C17H18BrNO2/c1-9-5-12(6-10(2)17(9)21-4)16(20)14-7-13(18)8-15(19)11(14)3/h5-8H,19H2,1-4H3. The first kappa shape index (κ1) is 15.6. The molecule has 0 radical (unpaired) electrons. The van der Waals surface area contributed by atoms with Crippen molar-refractivity contribution in [3.8, 4) is 5.75 Å². The highest BCUT2D eigenvalue weighted by atomic mass is 79.9. The van der Waals surface area contributed by atoms with Gasteiger partial charge in [-0.1, -0.05) is 15.9 Å². The molecule has 0 atom stereocenters. The highest BCUT2D eigenvalue weighted by Crippen LogP contribution is 2.28. The second kappa shape index (κ2) is 5.90. The number of nitrogens with two attached hydrogens (primary N) is 1. The predicted octanol–water partition coefficient (Wildman–Crippen LogP) is 4.20. The Bertz CT molecular complexity index is 700. The van der Waals surface area contributed by atoms with Crippen LogP contribution in [0.1, 0.15) is 32.6 Å². The molecule has 4 heteroatoms. The van der Waals surface area contributed by atoms with Gasteiger partial charge in [0.1, 0.15) is 5.75 Å². The Balaban J connectivity index is 2.56. The van der Waals surface area contributed by atoms with Gasteiger partial charge < -0.3 is 10.5 Å². The first-order valence-electron chi connectivity index (χ1n) is 6.60. The highest BCUT2D eigenvalue weighted by Gasteiger charge is 2.16. The summed E-state index contributed by atoms with van der Waals surface area (Å²) in [6.07, 6.45) is 0. The van der Waals surface area contributed by atoms with Crippen LogP contribution in [-0.4, -0.2) is 12.9 Å². The number of nitrogen functional groups attached to an aromatic ring is 1. The number of ether oxygens (including phenoxy) is 1. The summed E-state index contributed by atoms with van der Waals surface area (Å²) < 4.78 is 6.14. The molecule has 110 valence electrons. The highest BCUT2D eigenvalue weighted by molar-refractivity contribution is 9.10. The number of rotatable bonds is 3. The fourth-order valence-corrected chi connectivity index (χ4v) is 2.97. The molecule has 2 rings (SSSR count). The largest absolute Gasteiger partial charge is 0.496 e. The van der Waals surface area contributed by atoms with Gasteiger partial charge in [0.2, 0.25) is 0 Å². The Kier molecular flexibility index (Phi) is 4.37. The molecule has 21 heavy (non-hydrogen) atoms. The van der Waals surface area contributed by atoms with Crippen molar-refractivity contribution >= 4 is 27.4 Å². The third-order valence-corrected chi connectivity index (χ3v) is 4.04. The zero-order valence-electron chi connectivity index (χ0n) is 12.6. The van der Waals surface area contributed by atoms with E-state index in [1.54, 1.807) is 13.2 Å². The number of methoxy groups -OCH3 is 1. The van der Waals surface area contributed by atoms with E-state index >= 15 is 0 Å². The van der Waals surface area contributed by atoms with Crippen LogP contribution in [0.2, 0.25) is 0 Å². The summed E-state index contributed by atoms with van der Waals surface area (Å²) in [5, 5.41) is 0. The molecule has 2 aromatic rings. The molecule has 0 heterocycles. The van der Waals surface area contributed by atoms with Crippen molar-refractivity contribution in [1.29, 1.82) is 0 Å². The average Bonchev–Trinajstić information content (AvgIpc) is 2.41. The molecule has 0 aromatic heterocycles. The fraction of sp³-hybridized carbons (Fsp3) is 0.235. The number of carbonyl (C=O) groups is 1. The van der Waals surface area contributed by atoms with Gasteiger partial charge in [0.25, 0.3) is 0 Å². The molecule has 2 aromatic carbocycles. The van der Waals surface area contributed by atoms with E-state index in [4.69, 9.17) is 10.5 Å². The van der Waals surface area contributed by atoms with Crippen LogP contribution in [0, 0.1) is 20.8 Å². The number of aryl methyl sites for hydroxylation is 2. The van der Waals surface area contributed by atoms with E-state index in [9.17, 15) is 4.79 Å². The van der Waals surface area contributed by atoms with Crippen molar-refractivity contribution in [2.45, 2.75) is 20.8 Å². The van der Waals surface area contributed by atoms with Crippen LogP contribution < -0.4 is 10.5 Å². The van der Waals surface area contributed by atoms with Gasteiger partial charge in [-0.3, -0.25) is 4.79 Å². The number of hydrogen-bond acceptors (Lipinski definition) is 3. The van der Waals surface area contributed by atoms with Gasteiger partial charge in [0.05, 0.1) is 7.11 Å². The van der Waals surface area contributed by atoms with E-state index in [2.05, 4.69) is 15.9 Å². The van der Waals surface area contributed by atoms with Gasteiger partial charge in [-0.25, -0.2) is 0 Å². The lowest BCUT2D eigenvalue weighted by Crippen LogP contribution is -2.07. The third-order valence-electron chi connectivity index (χ3n) is 3.58. The molecule has 0 bridgehead atoms. The first-order valence-corrected chi connectivity index (χ1v) is 7.40. The SMILES string of the molecule is COc1c(C)cc(C(=O)c2cc(Br)cc(N)c2C)cc1C. The summed E-state index contributed by atoms with van der Waals surface area (Å²) in [6.45, 7) is 5.73. The zero-order chi connectivity index (χ0) is 15.7. The molecule has 2 N–H and O–H groups in total. The summed E-state index contributed by atoms with van der Waals surface area (Å²) in [4.78, 5) is 12.8. The lowest BCUT2D eigenvalue weighted by atomic mass is 9.95. The van der Waals surface area contributed by atoms with Gasteiger partial charge in [-0.2, -0.15) is 0 Å². The maximum absolute atomic E-state index is 12.8.